The average Bonchev–Trinajstić information content (AvgIpc) is 3.44. The van der Waals surface area contributed by atoms with Crippen molar-refractivity contribution in [2.75, 3.05) is 33.4 Å². The Hall–Kier alpha value is -3.26. The van der Waals surface area contributed by atoms with Gasteiger partial charge >= 0.3 is 0 Å². The van der Waals surface area contributed by atoms with Crippen molar-refractivity contribution in [1.29, 1.82) is 0 Å². The van der Waals surface area contributed by atoms with Gasteiger partial charge in [0.15, 0.2) is 11.5 Å². The molecule has 1 atom stereocenters. The lowest BCUT2D eigenvalue weighted by atomic mass is 10.0. The molecule has 1 aliphatic rings. The zero-order valence-electron chi connectivity index (χ0n) is 18.2. The fourth-order valence-electron chi connectivity index (χ4n) is 3.74. The summed E-state index contributed by atoms with van der Waals surface area (Å²) in [5.41, 5.74) is 3.87. The Morgan fingerprint density at radius 2 is 1.61 bits per heavy atom. The molecule has 0 saturated heterocycles. The topological polar surface area (TPSA) is 65.4 Å². The maximum absolute atomic E-state index is 5.55. The van der Waals surface area contributed by atoms with Gasteiger partial charge in [0.2, 0.25) is 10.9 Å². The van der Waals surface area contributed by atoms with Crippen LogP contribution in [0.2, 0.25) is 0 Å². The molecule has 0 amide bonds. The molecule has 3 aromatic rings. The predicted octanol–water partition coefficient (Wildman–Crippen LogP) is 5.17. The minimum absolute atomic E-state index is 0.0228. The smallest absolute Gasteiger partial charge is 0.207 e. The van der Waals surface area contributed by atoms with Crippen LogP contribution in [0.25, 0.3) is 11.3 Å². The van der Waals surface area contributed by atoms with Gasteiger partial charge in [-0.05, 0) is 36.8 Å². The Balaban J connectivity index is 1.72. The number of ether oxygens (including phenoxy) is 4. The van der Waals surface area contributed by atoms with Crippen molar-refractivity contribution in [2.24, 2.45) is 5.10 Å². The number of para-hydroxylation sites is 1. The molecule has 7 nitrogen and oxygen atoms in total. The highest BCUT2D eigenvalue weighted by Crippen LogP contribution is 2.44. The van der Waals surface area contributed by atoms with E-state index in [9.17, 15) is 0 Å². The summed E-state index contributed by atoms with van der Waals surface area (Å²) in [6.07, 6.45) is 0.780. The molecule has 0 spiro atoms. The van der Waals surface area contributed by atoms with E-state index >= 15 is 0 Å². The van der Waals surface area contributed by atoms with Crippen LogP contribution in [0.15, 0.2) is 46.9 Å². The van der Waals surface area contributed by atoms with Crippen LogP contribution in [-0.4, -0.2) is 39.1 Å². The van der Waals surface area contributed by atoms with E-state index in [1.54, 1.807) is 39.8 Å². The van der Waals surface area contributed by atoms with Gasteiger partial charge in [0, 0.05) is 23.1 Å². The molecule has 0 saturated carbocycles. The lowest BCUT2D eigenvalue weighted by molar-refractivity contribution is 0.323. The van der Waals surface area contributed by atoms with Gasteiger partial charge in [-0.3, -0.25) is 0 Å². The zero-order valence-corrected chi connectivity index (χ0v) is 19.0. The highest BCUT2D eigenvalue weighted by molar-refractivity contribution is 7.14. The number of benzene rings is 2. The van der Waals surface area contributed by atoms with E-state index in [0.717, 1.165) is 39.8 Å². The van der Waals surface area contributed by atoms with Crippen LogP contribution in [0.4, 0.5) is 5.13 Å². The van der Waals surface area contributed by atoms with Crippen molar-refractivity contribution in [1.82, 2.24) is 4.98 Å². The number of hydrazone groups is 1. The second kappa shape index (κ2) is 8.85. The monoisotopic (exact) mass is 439 g/mol. The number of aromatic nitrogens is 1. The van der Waals surface area contributed by atoms with Crippen LogP contribution >= 0.6 is 11.3 Å². The molecule has 0 unspecified atom stereocenters. The Kier molecular flexibility index (Phi) is 5.99. The molecule has 2 heterocycles. The van der Waals surface area contributed by atoms with E-state index in [1.807, 2.05) is 53.7 Å². The van der Waals surface area contributed by atoms with Gasteiger partial charge in [-0.2, -0.15) is 5.10 Å². The summed E-state index contributed by atoms with van der Waals surface area (Å²) in [5.74, 6) is 2.61. The summed E-state index contributed by atoms with van der Waals surface area (Å²) in [4.78, 5) is 4.87. The number of hydrogen-bond acceptors (Lipinski definition) is 8. The number of hydrogen-bond donors (Lipinski definition) is 0. The van der Waals surface area contributed by atoms with E-state index in [2.05, 4.69) is 0 Å². The number of methoxy groups -OCH3 is 4. The van der Waals surface area contributed by atoms with Crippen molar-refractivity contribution >= 4 is 22.2 Å². The summed E-state index contributed by atoms with van der Waals surface area (Å²) < 4.78 is 22.1. The Morgan fingerprint density at radius 3 is 2.26 bits per heavy atom. The lowest BCUT2D eigenvalue weighted by Gasteiger charge is -2.23. The Bertz CT molecular complexity index is 1090. The van der Waals surface area contributed by atoms with Crippen LogP contribution in [0.5, 0.6) is 23.0 Å². The van der Waals surface area contributed by atoms with Gasteiger partial charge in [-0.25, -0.2) is 9.99 Å². The zero-order chi connectivity index (χ0) is 22.0. The van der Waals surface area contributed by atoms with Crippen molar-refractivity contribution in [2.45, 2.75) is 19.4 Å². The molecule has 0 fully saturated rings. The van der Waals surface area contributed by atoms with Crippen LogP contribution in [0.1, 0.15) is 24.9 Å². The summed E-state index contributed by atoms with van der Waals surface area (Å²) in [5, 5.41) is 9.59. The summed E-state index contributed by atoms with van der Waals surface area (Å²) >= 11 is 1.55. The summed E-state index contributed by atoms with van der Waals surface area (Å²) in [6.45, 7) is 2.03. The third kappa shape index (κ3) is 3.90. The lowest BCUT2D eigenvalue weighted by Crippen LogP contribution is -2.18. The van der Waals surface area contributed by atoms with Gasteiger partial charge < -0.3 is 18.9 Å². The first-order valence-electron chi connectivity index (χ1n) is 9.81. The maximum atomic E-state index is 5.55. The standard InChI is InChI=1S/C23H25N3O4S/c1-14-10-18(15-11-20(28-3)22(30-5)21(12-15)29-4)26(25-14)23-24-17(13-31-23)16-8-6-7-9-19(16)27-2/h6-9,11-13,18H,10H2,1-5H3/t18-/m1/s1. The highest BCUT2D eigenvalue weighted by Gasteiger charge is 2.31. The fourth-order valence-corrected chi connectivity index (χ4v) is 4.56. The van der Waals surface area contributed by atoms with E-state index in [-0.39, 0.29) is 6.04 Å². The largest absolute Gasteiger partial charge is 0.496 e. The minimum atomic E-state index is -0.0228. The van der Waals surface area contributed by atoms with E-state index < -0.39 is 0 Å². The molecule has 31 heavy (non-hydrogen) atoms. The van der Waals surface area contributed by atoms with Crippen molar-refractivity contribution in [3.63, 3.8) is 0 Å². The van der Waals surface area contributed by atoms with Gasteiger partial charge in [-0.1, -0.05) is 12.1 Å². The van der Waals surface area contributed by atoms with Gasteiger partial charge in [0.05, 0.1) is 40.2 Å². The van der Waals surface area contributed by atoms with Crippen LogP contribution < -0.4 is 24.0 Å². The van der Waals surface area contributed by atoms with Gasteiger partial charge in [0.25, 0.3) is 0 Å². The molecule has 0 radical (unpaired) electrons. The summed E-state index contributed by atoms with van der Waals surface area (Å²) in [7, 11) is 6.51. The first kappa shape index (κ1) is 21.0. The molecule has 4 rings (SSSR count). The second-order valence-corrected chi connectivity index (χ2v) is 7.91. The van der Waals surface area contributed by atoms with Gasteiger partial charge in [-0.15, -0.1) is 11.3 Å². The number of thiazole rings is 1. The SMILES string of the molecule is COc1ccccc1-c1csc(N2N=C(C)C[C@@H]2c2cc(OC)c(OC)c(OC)c2)n1. The van der Waals surface area contributed by atoms with Crippen LogP contribution in [0.3, 0.4) is 0 Å². The molecular formula is C23H25N3O4S. The first-order chi connectivity index (χ1) is 15.1. The van der Waals surface area contributed by atoms with E-state index in [1.165, 1.54) is 0 Å². The number of rotatable bonds is 7. The predicted molar refractivity (Wildman–Crippen MR) is 123 cm³/mol. The van der Waals surface area contributed by atoms with Crippen LogP contribution in [0, 0.1) is 0 Å². The normalized spacial score (nSPS) is 15.6. The quantitative estimate of drug-likeness (QED) is 0.506. The Labute approximate surface area is 185 Å². The van der Waals surface area contributed by atoms with E-state index in [0.29, 0.717) is 17.2 Å². The molecule has 0 bridgehead atoms. The van der Waals surface area contributed by atoms with E-state index in [4.69, 9.17) is 29.0 Å². The van der Waals surface area contributed by atoms with Gasteiger partial charge in [0.1, 0.15) is 5.75 Å². The molecule has 1 aliphatic heterocycles. The third-order valence-corrected chi connectivity index (χ3v) is 6.04. The number of nitrogens with zero attached hydrogens (tertiary/aromatic N) is 3. The van der Waals surface area contributed by atoms with Crippen molar-refractivity contribution < 1.29 is 18.9 Å². The molecular weight excluding hydrogens is 414 g/mol. The average molecular weight is 440 g/mol. The molecule has 0 N–H and O–H groups in total. The first-order valence-corrected chi connectivity index (χ1v) is 10.7. The maximum Gasteiger partial charge on any atom is 0.207 e. The summed E-state index contributed by atoms with van der Waals surface area (Å²) in [6, 6.07) is 11.8. The fraction of sp³-hybridized carbons (Fsp3) is 0.304. The molecule has 2 aromatic carbocycles. The molecule has 162 valence electrons. The molecule has 8 heteroatoms. The van der Waals surface area contributed by atoms with Crippen molar-refractivity contribution in [3.8, 4) is 34.3 Å². The molecule has 0 aliphatic carbocycles. The highest BCUT2D eigenvalue weighted by atomic mass is 32.1. The van der Waals surface area contributed by atoms with Crippen molar-refractivity contribution in [3.05, 3.63) is 47.3 Å². The second-order valence-electron chi connectivity index (χ2n) is 7.07. The Morgan fingerprint density at radius 1 is 0.935 bits per heavy atom. The molecule has 1 aromatic heterocycles. The number of anilines is 1. The third-order valence-electron chi connectivity index (χ3n) is 5.21. The van der Waals surface area contributed by atoms with Crippen LogP contribution in [-0.2, 0) is 0 Å². The minimum Gasteiger partial charge on any atom is -0.496 e.